The van der Waals surface area contributed by atoms with Crippen LogP contribution in [0.1, 0.15) is 56.5 Å². The summed E-state index contributed by atoms with van der Waals surface area (Å²) in [6, 6.07) is 9.85. The highest BCUT2D eigenvalue weighted by Crippen LogP contribution is 2.40. The van der Waals surface area contributed by atoms with Crippen LogP contribution in [0.4, 0.5) is 5.00 Å². The van der Waals surface area contributed by atoms with E-state index in [1.807, 2.05) is 19.1 Å². The Morgan fingerprint density at radius 3 is 2.31 bits per heavy atom. The molecule has 0 bridgehead atoms. The number of hydrogen-bond donors (Lipinski definition) is 2. The number of thiophene rings is 1. The van der Waals surface area contributed by atoms with Crippen molar-refractivity contribution < 1.29 is 14.0 Å². The molecule has 0 saturated carbocycles. The molecule has 2 heterocycles. The van der Waals surface area contributed by atoms with Crippen LogP contribution in [-0.2, 0) is 6.42 Å². The minimum Gasteiger partial charge on any atom is -0.466 e. The maximum absolute atomic E-state index is 12.7. The number of nitrogens with one attached hydrogen (secondary N) is 1. The number of furan rings is 1. The third-order valence-electron chi connectivity index (χ3n) is 4.73. The monoisotopic (exact) mass is 410 g/mol. The Bertz CT molecular complexity index is 1060. The van der Waals surface area contributed by atoms with Crippen LogP contribution in [0.5, 0.6) is 0 Å². The van der Waals surface area contributed by atoms with E-state index < -0.39 is 5.91 Å². The van der Waals surface area contributed by atoms with Crippen molar-refractivity contribution >= 4 is 28.2 Å². The predicted molar refractivity (Wildman–Crippen MR) is 118 cm³/mol. The minimum atomic E-state index is -0.564. The van der Waals surface area contributed by atoms with E-state index in [0.717, 1.165) is 22.4 Å². The second-order valence-corrected chi connectivity index (χ2v) is 8.90. The van der Waals surface area contributed by atoms with Gasteiger partial charge >= 0.3 is 0 Å². The number of rotatable bonds is 6. The van der Waals surface area contributed by atoms with Gasteiger partial charge in [0.2, 0.25) is 0 Å². The minimum absolute atomic E-state index is 0.318. The molecule has 2 aromatic heterocycles. The van der Waals surface area contributed by atoms with Gasteiger partial charge < -0.3 is 15.5 Å². The molecule has 5 nitrogen and oxygen atoms in total. The lowest BCUT2D eigenvalue weighted by Crippen LogP contribution is -2.17. The highest BCUT2D eigenvalue weighted by atomic mass is 32.1. The van der Waals surface area contributed by atoms with Crippen molar-refractivity contribution in [1.29, 1.82) is 0 Å². The Labute approximate surface area is 174 Å². The van der Waals surface area contributed by atoms with Crippen LogP contribution in [0.3, 0.4) is 0 Å². The number of primary amides is 1. The average molecular weight is 411 g/mol. The van der Waals surface area contributed by atoms with Gasteiger partial charge in [-0.1, -0.05) is 38.1 Å². The number of anilines is 1. The molecule has 0 aliphatic rings. The highest BCUT2D eigenvalue weighted by molar-refractivity contribution is 7.17. The molecule has 0 aliphatic heterocycles. The largest absolute Gasteiger partial charge is 0.466 e. The van der Waals surface area contributed by atoms with Gasteiger partial charge in [-0.25, -0.2) is 0 Å². The summed E-state index contributed by atoms with van der Waals surface area (Å²) in [5.41, 5.74) is 9.43. The quantitative estimate of drug-likeness (QED) is 0.564. The SMILES string of the molecule is Cc1cc(C(=O)Nc2sc(C)c(-c3ccc(CC(C)C)cc3)c2C(N)=O)c(C)o1. The smallest absolute Gasteiger partial charge is 0.259 e. The van der Waals surface area contributed by atoms with E-state index in [9.17, 15) is 9.59 Å². The summed E-state index contributed by atoms with van der Waals surface area (Å²) in [6.45, 7) is 9.81. The third kappa shape index (κ3) is 4.43. The van der Waals surface area contributed by atoms with Gasteiger partial charge in [-0.15, -0.1) is 11.3 Å². The zero-order valence-electron chi connectivity index (χ0n) is 17.4. The van der Waals surface area contributed by atoms with Crippen molar-refractivity contribution in [3.8, 4) is 11.1 Å². The Kier molecular flexibility index (Phi) is 5.94. The lowest BCUT2D eigenvalue weighted by molar-refractivity contribution is 0.100. The molecule has 152 valence electrons. The fraction of sp³-hybridized carbons (Fsp3) is 0.304. The van der Waals surface area contributed by atoms with Gasteiger partial charge in [0.05, 0.1) is 11.1 Å². The molecular weight excluding hydrogens is 384 g/mol. The highest BCUT2D eigenvalue weighted by Gasteiger charge is 2.24. The van der Waals surface area contributed by atoms with Gasteiger partial charge in [0.15, 0.2) is 0 Å². The number of amides is 2. The molecule has 3 rings (SSSR count). The van der Waals surface area contributed by atoms with E-state index >= 15 is 0 Å². The zero-order valence-corrected chi connectivity index (χ0v) is 18.2. The summed E-state index contributed by atoms with van der Waals surface area (Å²) in [5, 5.41) is 3.31. The molecule has 3 aromatic rings. The van der Waals surface area contributed by atoms with Crippen molar-refractivity contribution in [3.63, 3.8) is 0 Å². The first-order chi connectivity index (χ1) is 13.7. The summed E-state index contributed by atoms with van der Waals surface area (Å²) in [4.78, 5) is 25.9. The number of aryl methyl sites for hydroxylation is 3. The van der Waals surface area contributed by atoms with E-state index in [1.54, 1.807) is 19.9 Å². The topological polar surface area (TPSA) is 85.3 Å². The Hall–Kier alpha value is -2.86. The van der Waals surface area contributed by atoms with Crippen molar-refractivity contribution in [2.45, 2.75) is 41.0 Å². The van der Waals surface area contributed by atoms with E-state index in [-0.39, 0.29) is 5.91 Å². The maximum atomic E-state index is 12.7. The summed E-state index contributed by atoms with van der Waals surface area (Å²) in [7, 11) is 0. The third-order valence-corrected chi connectivity index (χ3v) is 5.75. The van der Waals surface area contributed by atoms with Gasteiger partial charge in [-0.05, 0) is 50.3 Å². The molecule has 3 N–H and O–H groups in total. The molecular formula is C23H26N2O3S. The fourth-order valence-electron chi connectivity index (χ4n) is 3.52. The van der Waals surface area contributed by atoms with Gasteiger partial charge in [-0.3, -0.25) is 9.59 Å². The van der Waals surface area contributed by atoms with Gasteiger partial charge in [0, 0.05) is 10.4 Å². The van der Waals surface area contributed by atoms with Crippen molar-refractivity contribution in [2.75, 3.05) is 5.32 Å². The predicted octanol–water partition coefficient (Wildman–Crippen LogP) is 5.48. The molecule has 0 spiro atoms. The van der Waals surface area contributed by atoms with E-state index in [4.69, 9.17) is 10.2 Å². The molecule has 0 saturated heterocycles. The first kappa shape index (κ1) is 20.9. The van der Waals surface area contributed by atoms with Crippen LogP contribution in [0, 0.1) is 26.7 Å². The molecule has 1 aromatic carbocycles. The van der Waals surface area contributed by atoms with E-state index in [1.165, 1.54) is 16.9 Å². The van der Waals surface area contributed by atoms with Crippen molar-refractivity contribution in [2.24, 2.45) is 11.7 Å². The van der Waals surface area contributed by atoms with Crippen LogP contribution in [0.2, 0.25) is 0 Å². The molecule has 0 atom stereocenters. The average Bonchev–Trinajstić information content (AvgIpc) is 3.13. The number of hydrogen-bond acceptors (Lipinski definition) is 4. The van der Waals surface area contributed by atoms with E-state index in [0.29, 0.717) is 33.6 Å². The molecule has 0 fully saturated rings. The Balaban J connectivity index is 1.98. The number of carbonyl (C=O) groups excluding carboxylic acids is 2. The van der Waals surface area contributed by atoms with Gasteiger partial charge in [-0.2, -0.15) is 0 Å². The summed E-state index contributed by atoms with van der Waals surface area (Å²) >= 11 is 1.35. The van der Waals surface area contributed by atoms with Crippen molar-refractivity contribution in [1.82, 2.24) is 0 Å². The Morgan fingerprint density at radius 2 is 1.79 bits per heavy atom. The van der Waals surface area contributed by atoms with Crippen molar-refractivity contribution in [3.05, 3.63) is 63.4 Å². The normalized spacial score (nSPS) is 11.1. The molecule has 2 amide bonds. The summed E-state index contributed by atoms with van der Waals surface area (Å²) in [6.07, 6.45) is 0.996. The first-order valence-electron chi connectivity index (χ1n) is 9.58. The van der Waals surface area contributed by atoms with Crippen LogP contribution in [0.15, 0.2) is 34.7 Å². The van der Waals surface area contributed by atoms with Crippen LogP contribution < -0.4 is 11.1 Å². The second-order valence-electron chi connectivity index (χ2n) is 7.68. The van der Waals surface area contributed by atoms with Gasteiger partial charge in [0.25, 0.3) is 11.8 Å². The summed E-state index contributed by atoms with van der Waals surface area (Å²) in [5.74, 6) is 0.886. The summed E-state index contributed by atoms with van der Waals surface area (Å²) < 4.78 is 5.44. The lowest BCUT2D eigenvalue weighted by Gasteiger charge is -2.09. The molecule has 29 heavy (non-hydrogen) atoms. The number of carbonyl (C=O) groups is 2. The fourth-order valence-corrected chi connectivity index (χ4v) is 4.60. The lowest BCUT2D eigenvalue weighted by atomic mass is 9.97. The molecule has 0 radical (unpaired) electrons. The molecule has 0 unspecified atom stereocenters. The number of benzene rings is 1. The molecule has 6 heteroatoms. The maximum Gasteiger partial charge on any atom is 0.259 e. The van der Waals surface area contributed by atoms with Crippen LogP contribution in [-0.4, -0.2) is 11.8 Å². The van der Waals surface area contributed by atoms with E-state index in [2.05, 4.69) is 31.3 Å². The van der Waals surface area contributed by atoms with Gasteiger partial charge in [0.1, 0.15) is 16.5 Å². The second kappa shape index (κ2) is 8.25. The van der Waals surface area contributed by atoms with Crippen LogP contribution in [0.25, 0.3) is 11.1 Å². The first-order valence-corrected chi connectivity index (χ1v) is 10.4. The standard InChI is InChI=1S/C23H26N2O3S/c1-12(2)10-16-6-8-17(9-7-16)19-15(5)29-23(20(19)21(24)26)25-22(27)18-11-13(3)28-14(18)4/h6-9,11-12H,10H2,1-5H3,(H2,24,26)(H,25,27). The Morgan fingerprint density at radius 1 is 1.14 bits per heavy atom. The molecule has 0 aliphatic carbocycles. The number of nitrogens with two attached hydrogens (primary N) is 1. The zero-order chi connectivity index (χ0) is 21.3. The van der Waals surface area contributed by atoms with Crippen LogP contribution >= 0.6 is 11.3 Å².